The van der Waals surface area contributed by atoms with E-state index in [0.717, 1.165) is 11.4 Å². The van der Waals surface area contributed by atoms with Gasteiger partial charge in [-0.2, -0.15) is 0 Å². The molecule has 5 nitrogen and oxygen atoms in total. The molecule has 21 heavy (non-hydrogen) atoms. The molecule has 1 amide bonds. The quantitative estimate of drug-likeness (QED) is 0.854. The predicted molar refractivity (Wildman–Crippen MR) is 82.2 cm³/mol. The van der Waals surface area contributed by atoms with Crippen LogP contribution in [0, 0.1) is 0 Å². The lowest BCUT2D eigenvalue weighted by Gasteiger charge is -2.14. The summed E-state index contributed by atoms with van der Waals surface area (Å²) in [5.74, 6) is 0.486. The first-order valence-corrected chi connectivity index (χ1v) is 6.78. The van der Waals surface area contributed by atoms with Crippen LogP contribution in [0.1, 0.15) is 12.6 Å². The maximum absolute atomic E-state index is 12.0. The van der Waals surface area contributed by atoms with E-state index in [1.54, 1.807) is 13.2 Å². The fraction of sp³-hybridized carbons (Fsp3) is 0.250. The number of carbonyl (C=O) groups excluding carboxylic acids is 1. The van der Waals surface area contributed by atoms with E-state index in [1.165, 1.54) is 0 Å². The SMILES string of the molecule is COc1cccc(CNC(C)C(=O)Nc2ccccc2)n1. The lowest BCUT2D eigenvalue weighted by molar-refractivity contribution is -0.117. The van der Waals surface area contributed by atoms with Crippen LogP contribution < -0.4 is 15.4 Å². The summed E-state index contributed by atoms with van der Waals surface area (Å²) in [4.78, 5) is 16.3. The van der Waals surface area contributed by atoms with Crippen molar-refractivity contribution < 1.29 is 9.53 Å². The molecule has 2 rings (SSSR count). The van der Waals surface area contributed by atoms with E-state index < -0.39 is 0 Å². The van der Waals surface area contributed by atoms with Crippen LogP contribution in [0.3, 0.4) is 0 Å². The van der Waals surface area contributed by atoms with Crippen LogP contribution in [0.4, 0.5) is 5.69 Å². The Balaban J connectivity index is 1.86. The van der Waals surface area contributed by atoms with Crippen molar-refractivity contribution in [1.82, 2.24) is 10.3 Å². The Morgan fingerprint density at radius 1 is 1.19 bits per heavy atom. The Morgan fingerprint density at radius 3 is 2.67 bits per heavy atom. The topological polar surface area (TPSA) is 63.2 Å². The van der Waals surface area contributed by atoms with Gasteiger partial charge in [-0.05, 0) is 25.1 Å². The van der Waals surface area contributed by atoms with Gasteiger partial charge in [-0.15, -0.1) is 0 Å². The van der Waals surface area contributed by atoms with Gasteiger partial charge < -0.3 is 15.4 Å². The summed E-state index contributed by atoms with van der Waals surface area (Å²) in [6.07, 6.45) is 0. The monoisotopic (exact) mass is 285 g/mol. The molecule has 2 aromatic rings. The minimum Gasteiger partial charge on any atom is -0.481 e. The van der Waals surface area contributed by atoms with Gasteiger partial charge in [0.25, 0.3) is 0 Å². The van der Waals surface area contributed by atoms with Crippen molar-refractivity contribution in [1.29, 1.82) is 0 Å². The number of rotatable bonds is 6. The molecule has 0 aliphatic rings. The van der Waals surface area contributed by atoms with Crippen LogP contribution in [0.25, 0.3) is 0 Å². The summed E-state index contributed by atoms with van der Waals surface area (Å²) in [7, 11) is 1.58. The van der Waals surface area contributed by atoms with E-state index in [0.29, 0.717) is 12.4 Å². The van der Waals surface area contributed by atoms with Crippen molar-refractivity contribution >= 4 is 11.6 Å². The normalized spacial score (nSPS) is 11.7. The molecule has 1 heterocycles. The fourth-order valence-electron chi connectivity index (χ4n) is 1.79. The number of hydrogen-bond acceptors (Lipinski definition) is 4. The number of para-hydroxylation sites is 1. The van der Waals surface area contributed by atoms with E-state index in [2.05, 4.69) is 15.6 Å². The van der Waals surface area contributed by atoms with Gasteiger partial charge in [0.2, 0.25) is 11.8 Å². The van der Waals surface area contributed by atoms with Gasteiger partial charge in [-0.25, -0.2) is 4.98 Å². The molecule has 1 aromatic carbocycles. The van der Waals surface area contributed by atoms with E-state index in [1.807, 2.05) is 49.4 Å². The van der Waals surface area contributed by atoms with Crippen molar-refractivity contribution in [3.05, 3.63) is 54.2 Å². The molecule has 0 saturated heterocycles. The van der Waals surface area contributed by atoms with Gasteiger partial charge in [-0.1, -0.05) is 24.3 Å². The highest BCUT2D eigenvalue weighted by atomic mass is 16.5. The largest absolute Gasteiger partial charge is 0.481 e. The van der Waals surface area contributed by atoms with Crippen LogP contribution >= 0.6 is 0 Å². The first-order chi connectivity index (χ1) is 10.2. The zero-order valence-corrected chi connectivity index (χ0v) is 12.2. The Kier molecular flexibility index (Phi) is 5.29. The molecular weight excluding hydrogens is 266 g/mol. The standard InChI is InChI=1S/C16H19N3O2/c1-12(16(20)19-13-7-4-3-5-8-13)17-11-14-9-6-10-15(18-14)21-2/h3-10,12,17H,11H2,1-2H3,(H,19,20). The Bertz CT molecular complexity index is 587. The predicted octanol–water partition coefficient (Wildman–Crippen LogP) is 2.21. The van der Waals surface area contributed by atoms with Crippen LogP contribution in [0.5, 0.6) is 5.88 Å². The van der Waals surface area contributed by atoms with Gasteiger partial charge in [0.15, 0.2) is 0 Å². The number of aromatic nitrogens is 1. The Morgan fingerprint density at radius 2 is 1.95 bits per heavy atom. The van der Waals surface area contributed by atoms with Gasteiger partial charge in [0, 0.05) is 18.3 Å². The second-order valence-electron chi connectivity index (χ2n) is 4.63. The van der Waals surface area contributed by atoms with Crippen LogP contribution in [-0.2, 0) is 11.3 Å². The number of methoxy groups -OCH3 is 1. The van der Waals surface area contributed by atoms with Crippen LogP contribution in [0.2, 0.25) is 0 Å². The molecule has 0 aliphatic carbocycles. The average Bonchev–Trinajstić information content (AvgIpc) is 2.53. The number of carbonyl (C=O) groups is 1. The smallest absolute Gasteiger partial charge is 0.241 e. The first-order valence-electron chi connectivity index (χ1n) is 6.78. The van der Waals surface area contributed by atoms with E-state index in [-0.39, 0.29) is 11.9 Å². The Labute approximate surface area is 124 Å². The van der Waals surface area contributed by atoms with Crippen molar-refractivity contribution in [3.8, 4) is 5.88 Å². The number of nitrogens with one attached hydrogen (secondary N) is 2. The lowest BCUT2D eigenvalue weighted by Crippen LogP contribution is -2.37. The average molecular weight is 285 g/mol. The van der Waals surface area contributed by atoms with Gasteiger partial charge in [-0.3, -0.25) is 4.79 Å². The van der Waals surface area contributed by atoms with Crippen molar-refractivity contribution in [2.45, 2.75) is 19.5 Å². The summed E-state index contributed by atoms with van der Waals surface area (Å²) in [5.41, 5.74) is 1.62. The number of pyridine rings is 1. The van der Waals surface area contributed by atoms with Crippen molar-refractivity contribution in [2.75, 3.05) is 12.4 Å². The summed E-state index contributed by atoms with van der Waals surface area (Å²) in [6, 6.07) is 14.6. The highest BCUT2D eigenvalue weighted by Gasteiger charge is 2.12. The molecule has 110 valence electrons. The maximum Gasteiger partial charge on any atom is 0.241 e. The van der Waals surface area contributed by atoms with Crippen molar-refractivity contribution in [3.63, 3.8) is 0 Å². The third kappa shape index (κ3) is 4.57. The number of ether oxygens (including phenoxy) is 1. The molecule has 2 N–H and O–H groups in total. The van der Waals surface area contributed by atoms with Crippen LogP contribution in [-0.4, -0.2) is 24.0 Å². The lowest BCUT2D eigenvalue weighted by atomic mass is 10.2. The number of amides is 1. The fourth-order valence-corrected chi connectivity index (χ4v) is 1.79. The van der Waals surface area contributed by atoms with Gasteiger partial charge in [0.1, 0.15) is 0 Å². The molecule has 1 atom stereocenters. The van der Waals surface area contributed by atoms with Gasteiger partial charge in [0.05, 0.1) is 18.8 Å². The second-order valence-corrected chi connectivity index (χ2v) is 4.63. The maximum atomic E-state index is 12.0. The van der Waals surface area contributed by atoms with E-state index in [4.69, 9.17) is 4.74 Å². The molecule has 0 bridgehead atoms. The minimum atomic E-state index is -0.321. The molecular formula is C16H19N3O2. The number of anilines is 1. The highest BCUT2D eigenvalue weighted by molar-refractivity contribution is 5.94. The van der Waals surface area contributed by atoms with E-state index in [9.17, 15) is 4.79 Å². The number of nitrogens with zero attached hydrogens (tertiary/aromatic N) is 1. The number of hydrogen-bond donors (Lipinski definition) is 2. The third-order valence-corrected chi connectivity index (χ3v) is 3.01. The molecule has 0 radical (unpaired) electrons. The third-order valence-electron chi connectivity index (χ3n) is 3.01. The second kappa shape index (κ2) is 7.40. The molecule has 0 aliphatic heterocycles. The minimum absolute atomic E-state index is 0.0795. The molecule has 5 heteroatoms. The van der Waals surface area contributed by atoms with Crippen molar-refractivity contribution in [2.24, 2.45) is 0 Å². The zero-order valence-electron chi connectivity index (χ0n) is 12.2. The molecule has 0 fully saturated rings. The molecule has 0 saturated carbocycles. The zero-order chi connectivity index (χ0) is 15.1. The molecule has 0 spiro atoms. The Hall–Kier alpha value is -2.40. The molecule has 1 aromatic heterocycles. The van der Waals surface area contributed by atoms with Crippen LogP contribution in [0.15, 0.2) is 48.5 Å². The summed E-state index contributed by atoms with van der Waals surface area (Å²) >= 11 is 0. The van der Waals surface area contributed by atoms with E-state index >= 15 is 0 Å². The summed E-state index contributed by atoms with van der Waals surface area (Å²) < 4.78 is 5.07. The summed E-state index contributed by atoms with van der Waals surface area (Å²) in [5, 5.41) is 5.99. The highest BCUT2D eigenvalue weighted by Crippen LogP contribution is 2.07. The first kappa shape index (κ1) is 15.0. The number of benzene rings is 1. The molecule has 1 unspecified atom stereocenters. The van der Waals surface area contributed by atoms with Gasteiger partial charge >= 0.3 is 0 Å². The summed E-state index contributed by atoms with van der Waals surface area (Å²) in [6.45, 7) is 2.32.